The van der Waals surface area contributed by atoms with E-state index in [4.69, 9.17) is 21.4 Å². The number of hydrogen-bond donors (Lipinski definition) is 1. The summed E-state index contributed by atoms with van der Waals surface area (Å²) in [7, 11) is 0. The Morgan fingerprint density at radius 2 is 2.00 bits per heavy atom. The van der Waals surface area contributed by atoms with E-state index in [1.807, 2.05) is 25.1 Å². The fraction of sp³-hybridized carbons (Fsp3) is 0.261. The Labute approximate surface area is 198 Å². The number of hydroxylamine groups is 1. The number of hydrogen-bond acceptors (Lipinski definition) is 6. The van der Waals surface area contributed by atoms with Crippen LogP contribution in [0.25, 0.3) is 0 Å². The fourth-order valence-corrected chi connectivity index (χ4v) is 4.55. The maximum atomic E-state index is 13.1. The SMILES string of the molecule is Cc1ccc(C[C@H]2CONC(c3nc(C)ncc3Sc3cccc(C(F)(F)F)c3)=N2)c(Cl)c1. The first kappa shape index (κ1) is 23.5. The van der Waals surface area contributed by atoms with Gasteiger partial charge in [-0.25, -0.2) is 15.4 Å². The summed E-state index contributed by atoms with van der Waals surface area (Å²) in [5.74, 6) is 0.904. The second kappa shape index (κ2) is 9.70. The number of nitrogens with zero attached hydrogens (tertiary/aromatic N) is 3. The van der Waals surface area contributed by atoms with Crippen LogP contribution in [0.5, 0.6) is 0 Å². The van der Waals surface area contributed by atoms with Gasteiger partial charge in [-0.1, -0.05) is 41.6 Å². The second-order valence-electron chi connectivity index (χ2n) is 7.60. The highest BCUT2D eigenvalue weighted by molar-refractivity contribution is 7.99. The Balaban J connectivity index is 1.62. The minimum atomic E-state index is -4.42. The van der Waals surface area contributed by atoms with Crippen molar-refractivity contribution >= 4 is 29.2 Å². The summed E-state index contributed by atoms with van der Waals surface area (Å²) >= 11 is 7.51. The van der Waals surface area contributed by atoms with Gasteiger partial charge in [0.05, 0.1) is 23.1 Å². The monoisotopic (exact) mass is 492 g/mol. The largest absolute Gasteiger partial charge is 0.416 e. The molecule has 172 valence electrons. The maximum absolute atomic E-state index is 13.1. The van der Waals surface area contributed by atoms with E-state index in [9.17, 15) is 13.2 Å². The zero-order chi connectivity index (χ0) is 23.6. The zero-order valence-corrected chi connectivity index (χ0v) is 19.4. The first-order valence-corrected chi connectivity index (χ1v) is 11.3. The highest BCUT2D eigenvalue weighted by Gasteiger charge is 2.30. The van der Waals surface area contributed by atoms with E-state index >= 15 is 0 Å². The van der Waals surface area contributed by atoms with Gasteiger partial charge < -0.3 is 0 Å². The second-order valence-corrected chi connectivity index (χ2v) is 9.12. The van der Waals surface area contributed by atoms with Crippen LogP contribution in [0, 0.1) is 13.8 Å². The van der Waals surface area contributed by atoms with Gasteiger partial charge in [0.25, 0.3) is 0 Å². The Hall–Kier alpha value is -2.62. The third-order valence-corrected chi connectivity index (χ3v) is 6.27. The van der Waals surface area contributed by atoms with Crippen LogP contribution in [0.3, 0.4) is 0 Å². The van der Waals surface area contributed by atoms with Crippen molar-refractivity contribution in [3.05, 3.63) is 81.9 Å². The van der Waals surface area contributed by atoms with Crippen molar-refractivity contribution < 1.29 is 18.0 Å². The topological polar surface area (TPSA) is 59.4 Å². The number of amidine groups is 1. The third-order valence-electron chi connectivity index (χ3n) is 4.91. The van der Waals surface area contributed by atoms with Crippen molar-refractivity contribution in [1.82, 2.24) is 15.4 Å². The molecule has 0 amide bonds. The van der Waals surface area contributed by atoms with Gasteiger partial charge in [0.15, 0.2) is 5.84 Å². The third kappa shape index (κ3) is 5.85. The molecule has 0 fully saturated rings. The molecule has 0 unspecified atom stereocenters. The molecule has 0 saturated heterocycles. The number of aromatic nitrogens is 2. The maximum Gasteiger partial charge on any atom is 0.416 e. The zero-order valence-electron chi connectivity index (χ0n) is 17.8. The van der Waals surface area contributed by atoms with Crippen LogP contribution in [-0.2, 0) is 17.4 Å². The van der Waals surface area contributed by atoms with Crippen molar-refractivity contribution in [1.29, 1.82) is 0 Å². The van der Waals surface area contributed by atoms with E-state index in [0.29, 0.717) is 45.2 Å². The molecule has 10 heteroatoms. The van der Waals surface area contributed by atoms with Crippen molar-refractivity contribution in [3.63, 3.8) is 0 Å². The summed E-state index contributed by atoms with van der Waals surface area (Å²) in [5, 5.41) is 0.670. The van der Waals surface area contributed by atoms with E-state index in [1.54, 1.807) is 19.2 Å². The molecule has 0 aliphatic carbocycles. The summed E-state index contributed by atoms with van der Waals surface area (Å²) < 4.78 is 39.3. The molecular formula is C23H20ClF3N4OS. The molecule has 0 radical (unpaired) electrons. The minimum Gasteiger partial charge on any atom is -0.272 e. The lowest BCUT2D eigenvalue weighted by Crippen LogP contribution is -2.37. The molecule has 2 heterocycles. The number of nitrogens with one attached hydrogen (secondary N) is 1. The van der Waals surface area contributed by atoms with Crippen LogP contribution >= 0.6 is 23.4 Å². The number of aliphatic imine (C=N–C) groups is 1. The predicted octanol–water partition coefficient (Wildman–Crippen LogP) is 5.81. The van der Waals surface area contributed by atoms with Crippen molar-refractivity contribution in [3.8, 4) is 0 Å². The molecule has 5 nitrogen and oxygen atoms in total. The summed E-state index contributed by atoms with van der Waals surface area (Å²) in [6.07, 6.45) is -2.27. The van der Waals surface area contributed by atoms with Gasteiger partial charge >= 0.3 is 6.18 Å². The molecular weight excluding hydrogens is 473 g/mol. The predicted molar refractivity (Wildman–Crippen MR) is 122 cm³/mol. The van der Waals surface area contributed by atoms with Gasteiger partial charge in [-0.2, -0.15) is 13.2 Å². The molecule has 0 spiro atoms. The molecule has 2 aromatic carbocycles. The van der Waals surface area contributed by atoms with E-state index in [-0.39, 0.29) is 6.04 Å². The number of rotatable bonds is 5. The molecule has 1 aliphatic rings. The summed E-state index contributed by atoms with van der Waals surface area (Å²) in [6, 6.07) is 10.8. The Morgan fingerprint density at radius 3 is 2.76 bits per heavy atom. The number of benzene rings is 2. The molecule has 33 heavy (non-hydrogen) atoms. The van der Waals surface area contributed by atoms with Gasteiger partial charge in [-0.05, 0) is 55.7 Å². The van der Waals surface area contributed by atoms with Crippen LogP contribution in [0.2, 0.25) is 5.02 Å². The molecule has 3 aromatic rings. The van der Waals surface area contributed by atoms with Crippen molar-refractivity contribution in [2.45, 2.75) is 42.3 Å². The van der Waals surface area contributed by atoms with Gasteiger partial charge in [0.1, 0.15) is 11.5 Å². The van der Waals surface area contributed by atoms with E-state index in [2.05, 4.69) is 15.4 Å². The summed E-state index contributed by atoms with van der Waals surface area (Å²) in [4.78, 5) is 20.0. The number of alkyl halides is 3. The average molecular weight is 493 g/mol. The first-order valence-electron chi connectivity index (χ1n) is 10.1. The molecule has 0 bridgehead atoms. The smallest absolute Gasteiger partial charge is 0.272 e. The van der Waals surface area contributed by atoms with Crippen LogP contribution < -0.4 is 5.48 Å². The lowest BCUT2D eigenvalue weighted by molar-refractivity contribution is -0.137. The fourth-order valence-electron chi connectivity index (χ4n) is 3.30. The Bertz CT molecular complexity index is 1200. The molecule has 4 rings (SSSR count). The summed E-state index contributed by atoms with van der Waals surface area (Å²) in [5.41, 5.74) is 4.57. The van der Waals surface area contributed by atoms with E-state index < -0.39 is 11.7 Å². The van der Waals surface area contributed by atoms with Gasteiger partial charge in [-0.15, -0.1) is 0 Å². The molecule has 1 aromatic heterocycles. The normalized spacial score (nSPS) is 16.3. The molecule has 1 atom stereocenters. The standard InChI is InChI=1S/C23H20ClF3N4OS/c1-13-6-7-15(19(24)8-13)9-17-12-32-31-22(30-17)21-20(11-28-14(2)29-21)33-18-5-3-4-16(10-18)23(25,26)27/h3-8,10-11,17H,9,12H2,1-2H3,(H,30,31)/t17-/m0/s1. The highest BCUT2D eigenvalue weighted by Crippen LogP contribution is 2.35. The van der Waals surface area contributed by atoms with E-state index in [0.717, 1.165) is 35.0 Å². The van der Waals surface area contributed by atoms with Gasteiger partial charge in [0.2, 0.25) is 0 Å². The van der Waals surface area contributed by atoms with Gasteiger partial charge in [-0.3, -0.25) is 9.83 Å². The highest BCUT2D eigenvalue weighted by atomic mass is 35.5. The lowest BCUT2D eigenvalue weighted by Gasteiger charge is -2.23. The average Bonchev–Trinajstić information content (AvgIpc) is 2.77. The quantitative estimate of drug-likeness (QED) is 0.487. The van der Waals surface area contributed by atoms with Crippen LogP contribution in [0.15, 0.2) is 63.4 Å². The number of halogens is 4. The lowest BCUT2D eigenvalue weighted by atomic mass is 10.0. The van der Waals surface area contributed by atoms with Gasteiger partial charge in [0, 0.05) is 16.1 Å². The Morgan fingerprint density at radius 1 is 1.18 bits per heavy atom. The molecule has 1 aliphatic heterocycles. The summed E-state index contributed by atoms with van der Waals surface area (Å²) in [6.45, 7) is 4.05. The molecule has 0 saturated carbocycles. The van der Waals surface area contributed by atoms with Crippen LogP contribution in [-0.4, -0.2) is 28.5 Å². The Kier molecular flexibility index (Phi) is 6.92. The van der Waals surface area contributed by atoms with Crippen LogP contribution in [0.4, 0.5) is 13.2 Å². The van der Waals surface area contributed by atoms with Crippen molar-refractivity contribution in [2.75, 3.05) is 6.61 Å². The first-order chi connectivity index (χ1) is 15.7. The number of aryl methyl sites for hydroxylation is 2. The molecule has 1 N–H and O–H groups in total. The van der Waals surface area contributed by atoms with Crippen molar-refractivity contribution in [2.24, 2.45) is 4.99 Å². The van der Waals surface area contributed by atoms with E-state index in [1.165, 1.54) is 6.07 Å². The van der Waals surface area contributed by atoms with Crippen LogP contribution in [0.1, 0.15) is 28.2 Å². The minimum absolute atomic E-state index is 0.205.